The Hall–Kier alpha value is -0.610. The summed E-state index contributed by atoms with van der Waals surface area (Å²) in [6, 6.07) is 0. The van der Waals surface area contributed by atoms with E-state index < -0.39 is 0 Å². The highest BCUT2D eigenvalue weighted by atomic mass is 16.5. The fourth-order valence-corrected chi connectivity index (χ4v) is 0.706. The van der Waals surface area contributed by atoms with Crippen LogP contribution in [0.4, 0.5) is 0 Å². The summed E-state index contributed by atoms with van der Waals surface area (Å²) in [4.78, 5) is 10.6. The molecule has 0 amide bonds. The molecular weight excluding hydrogens is 158 g/mol. The van der Waals surface area contributed by atoms with Gasteiger partial charge in [0, 0.05) is 13.2 Å². The number of nitrogens with one attached hydrogen (secondary N) is 1. The van der Waals surface area contributed by atoms with Gasteiger partial charge in [-0.3, -0.25) is 4.79 Å². The first kappa shape index (κ1) is 11.4. The highest BCUT2D eigenvalue weighted by molar-refractivity contribution is 5.71. The van der Waals surface area contributed by atoms with Gasteiger partial charge in [-0.25, -0.2) is 0 Å². The van der Waals surface area contributed by atoms with E-state index in [1.54, 1.807) is 0 Å². The van der Waals surface area contributed by atoms with Crippen LogP contribution < -0.4 is 5.32 Å². The molecule has 12 heavy (non-hydrogen) atoms. The predicted molar refractivity (Wildman–Crippen MR) is 46.0 cm³/mol. The molecule has 0 aliphatic heterocycles. The molecule has 0 saturated carbocycles. The van der Waals surface area contributed by atoms with Crippen LogP contribution in [0.5, 0.6) is 0 Å². The molecule has 0 aliphatic carbocycles. The van der Waals surface area contributed by atoms with Gasteiger partial charge < -0.3 is 14.8 Å². The summed E-state index contributed by atoms with van der Waals surface area (Å²) >= 11 is 0. The fourth-order valence-electron chi connectivity index (χ4n) is 0.706. The van der Waals surface area contributed by atoms with Crippen molar-refractivity contribution in [1.82, 2.24) is 5.32 Å². The lowest BCUT2D eigenvalue weighted by atomic mass is 10.4. The predicted octanol–water partition coefficient (Wildman–Crippen LogP) is 0.176. The molecule has 0 aliphatic rings. The lowest BCUT2D eigenvalue weighted by molar-refractivity contribution is -0.139. The molecule has 0 fully saturated rings. The Labute approximate surface area is 73.2 Å². The van der Waals surface area contributed by atoms with E-state index in [0.717, 1.165) is 26.2 Å². The molecule has 1 N–H and O–H groups in total. The zero-order chi connectivity index (χ0) is 9.23. The third-order valence-electron chi connectivity index (χ3n) is 1.34. The van der Waals surface area contributed by atoms with Crippen LogP contribution in [0.1, 0.15) is 13.3 Å². The van der Waals surface area contributed by atoms with Crippen molar-refractivity contribution in [3.63, 3.8) is 0 Å². The molecule has 4 heteroatoms. The van der Waals surface area contributed by atoms with Gasteiger partial charge in [-0.05, 0) is 19.9 Å². The molecule has 0 heterocycles. The highest BCUT2D eigenvalue weighted by Crippen LogP contribution is 1.79. The van der Waals surface area contributed by atoms with Gasteiger partial charge in [0.25, 0.3) is 0 Å². The Kier molecular flexibility index (Phi) is 8.05. The molecule has 0 rings (SSSR count). The van der Waals surface area contributed by atoms with E-state index in [1.807, 2.05) is 6.92 Å². The minimum Gasteiger partial charge on any atom is -0.468 e. The largest absolute Gasteiger partial charge is 0.468 e. The van der Waals surface area contributed by atoms with Crippen LogP contribution in [-0.4, -0.2) is 39.4 Å². The molecule has 0 aromatic heterocycles. The normalized spacial score (nSPS) is 9.83. The van der Waals surface area contributed by atoms with Gasteiger partial charge in [0.05, 0.1) is 13.7 Å². The zero-order valence-electron chi connectivity index (χ0n) is 7.76. The van der Waals surface area contributed by atoms with E-state index in [0.29, 0.717) is 0 Å². The van der Waals surface area contributed by atoms with Crippen LogP contribution in [0, 0.1) is 0 Å². The topological polar surface area (TPSA) is 47.6 Å². The van der Waals surface area contributed by atoms with Gasteiger partial charge in [-0.1, -0.05) is 0 Å². The lowest BCUT2D eigenvalue weighted by Crippen LogP contribution is -2.25. The average molecular weight is 175 g/mol. The fraction of sp³-hybridized carbons (Fsp3) is 0.875. The molecule has 0 unspecified atom stereocenters. The van der Waals surface area contributed by atoms with Gasteiger partial charge in [-0.2, -0.15) is 0 Å². The van der Waals surface area contributed by atoms with E-state index in [-0.39, 0.29) is 12.5 Å². The third-order valence-corrected chi connectivity index (χ3v) is 1.34. The average Bonchev–Trinajstić information content (AvgIpc) is 2.10. The Morgan fingerprint density at radius 3 is 2.83 bits per heavy atom. The number of hydrogen-bond donors (Lipinski definition) is 1. The van der Waals surface area contributed by atoms with Crippen molar-refractivity contribution >= 4 is 5.97 Å². The first-order valence-electron chi connectivity index (χ1n) is 4.16. The zero-order valence-corrected chi connectivity index (χ0v) is 7.76. The molecule has 0 aromatic carbocycles. The van der Waals surface area contributed by atoms with E-state index in [2.05, 4.69) is 10.1 Å². The number of methoxy groups -OCH3 is 1. The smallest absolute Gasteiger partial charge is 0.319 e. The Morgan fingerprint density at radius 1 is 1.50 bits per heavy atom. The third kappa shape index (κ3) is 7.50. The molecule has 0 atom stereocenters. The monoisotopic (exact) mass is 175 g/mol. The van der Waals surface area contributed by atoms with E-state index in [1.165, 1.54) is 7.11 Å². The number of carbonyl (C=O) groups excluding carboxylic acids is 1. The van der Waals surface area contributed by atoms with Crippen molar-refractivity contribution in [3.05, 3.63) is 0 Å². The Morgan fingerprint density at radius 2 is 2.25 bits per heavy atom. The minimum atomic E-state index is -0.230. The number of hydrogen-bond acceptors (Lipinski definition) is 4. The Bertz CT molecular complexity index is 117. The van der Waals surface area contributed by atoms with Crippen molar-refractivity contribution in [1.29, 1.82) is 0 Å². The van der Waals surface area contributed by atoms with Crippen LogP contribution in [0.3, 0.4) is 0 Å². The van der Waals surface area contributed by atoms with Gasteiger partial charge in [0.1, 0.15) is 0 Å². The second-order valence-corrected chi connectivity index (χ2v) is 2.30. The van der Waals surface area contributed by atoms with Crippen molar-refractivity contribution in [2.24, 2.45) is 0 Å². The van der Waals surface area contributed by atoms with Crippen molar-refractivity contribution < 1.29 is 14.3 Å². The highest BCUT2D eigenvalue weighted by Gasteiger charge is 1.96. The summed E-state index contributed by atoms with van der Waals surface area (Å²) in [5, 5.41) is 2.94. The summed E-state index contributed by atoms with van der Waals surface area (Å²) in [6.07, 6.45) is 0.921. The van der Waals surface area contributed by atoms with E-state index in [9.17, 15) is 4.79 Å². The maximum atomic E-state index is 10.6. The summed E-state index contributed by atoms with van der Waals surface area (Å²) < 4.78 is 9.56. The van der Waals surface area contributed by atoms with Gasteiger partial charge in [0.15, 0.2) is 0 Å². The minimum absolute atomic E-state index is 0.230. The first-order chi connectivity index (χ1) is 5.81. The van der Waals surface area contributed by atoms with Gasteiger partial charge in [0.2, 0.25) is 0 Å². The summed E-state index contributed by atoms with van der Waals surface area (Å²) in [7, 11) is 1.38. The number of ether oxygens (including phenoxy) is 2. The second kappa shape index (κ2) is 8.49. The molecule has 0 radical (unpaired) electrons. The first-order valence-corrected chi connectivity index (χ1v) is 4.16. The maximum Gasteiger partial charge on any atom is 0.319 e. The van der Waals surface area contributed by atoms with Crippen molar-refractivity contribution in [2.45, 2.75) is 13.3 Å². The molecular formula is C8H17NO3. The standard InChI is InChI=1S/C8H17NO3/c1-3-12-6-4-5-9-7-8(10)11-2/h9H,3-7H2,1-2H3. The van der Waals surface area contributed by atoms with Crippen LogP contribution in [0.2, 0.25) is 0 Å². The molecule has 4 nitrogen and oxygen atoms in total. The number of esters is 1. The summed E-state index contributed by atoms with van der Waals surface area (Å²) in [6.45, 7) is 4.52. The van der Waals surface area contributed by atoms with Gasteiger partial charge in [-0.15, -0.1) is 0 Å². The molecule has 0 saturated heterocycles. The number of carbonyl (C=O) groups is 1. The second-order valence-electron chi connectivity index (χ2n) is 2.30. The summed E-state index contributed by atoms with van der Waals surface area (Å²) in [5.41, 5.74) is 0. The van der Waals surface area contributed by atoms with Crippen LogP contribution >= 0.6 is 0 Å². The van der Waals surface area contributed by atoms with Gasteiger partial charge >= 0.3 is 5.97 Å². The van der Waals surface area contributed by atoms with Crippen LogP contribution in [0.25, 0.3) is 0 Å². The molecule has 0 spiro atoms. The quantitative estimate of drug-likeness (QED) is 0.443. The molecule has 0 aromatic rings. The molecule has 72 valence electrons. The lowest BCUT2D eigenvalue weighted by Gasteiger charge is -2.02. The maximum absolute atomic E-state index is 10.6. The van der Waals surface area contributed by atoms with E-state index >= 15 is 0 Å². The Balaban J connectivity index is 2.95. The van der Waals surface area contributed by atoms with Crippen molar-refractivity contribution in [2.75, 3.05) is 33.4 Å². The van der Waals surface area contributed by atoms with Crippen molar-refractivity contribution in [3.8, 4) is 0 Å². The van der Waals surface area contributed by atoms with E-state index in [4.69, 9.17) is 4.74 Å². The molecule has 0 bridgehead atoms. The SMILES string of the molecule is CCOCCCNCC(=O)OC. The van der Waals surface area contributed by atoms with Crippen LogP contribution in [0.15, 0.2) is 0 Å². The van der Waals surface area contributed by atoms with Crippen LogP contribution in [-0.2, 0) is 14.3 Å². The number of rotatable bonds is 7. The summed E-state index contributed by atoms with van der Waals surface area (Å²) in [5.74, 6) is -0.230.